The van der Waals surface area contributed by atoms with Crippen LogP contribution in [-0.4, -0.2) is 23.0 Å². The monoisotopic (exact) mass is 277 g/mol. The summed E-state index contributed by atoms with van der Waals surface area (Å²) in [5, 5.41) is 6.15. The predicted octanol–water partition coefficient (Wildman–Crippen LogP) is 2.67. The van der Waals surface area contributed by atoms with Gasteiger partial charge in [-0.05, 0) is 26.0 Å². The first-order valence-electron chi connectivity index (χ1n) is 5.75. The molecule has 1 N–H and O–H groups in total. The van der Waals surface area contributed by atoms with E-state index in [1.807, 2.05) is 19.2 Å². The summed E-state index contributed by atoms with van der Waals surface area (Å²) in [4.78, 5) is 20.0. The zero-order chi connectivity index (χ0) is 13.9. The average molecular weight is 277 g/mol. The predicted molar refractivity (Wildman–Crippen MR) is 74.3 cm³/mol. The van der Waals surface area contributed by atoms with Crippen LogP contribution in [0.1, 0.15) is 29.2 Å². The Morgan fingerprint density at radius 3 is 2.79 bits per heavy atom. The van der Waals surface area contributed by atoms with Crippen molar-refractivity contribution in [2.24, 2.45) is 0 Å². The maximum atomic E-state index is 11.5. The number of ether oxygens (including phenoxy) is 1. The molecule has 0 aliphatic rings. The Kier molecular flexibility index (Phi) is 3.80. The van der Waals surface area contributed by atoms with Crippen molar-refractivity contribution < 1.29 is 9.53 Å². The molecule has 0 radical (unpaired) electrons. The molecule has 5 nitrogen and oxygen atoms in total. The number of anilines is 1. The standard InChI is InChI=1S/C13H15N3O2S/c1-13(2,12-15-6-7-19-12)16-10-8-9(4-5-14-10)11(17)18-3/h4-8H,1-3H3,(H,14,16). The van der Waals surface area contributed by atoms with Gasteiger partial charge in [-0.25, -0.2) is 14.8 Å². The number of aromatic nitrogens is 2. The summed E-state index contributed by atoms with van der Waals surface area (Å²) in [7, 11) is 1.36. The lowest BCUT2D eigenvalue weighted by Crippen LogP contribution is -2.28. The van der Waals surface area contributed by atoms with Gasteiger partial charge < -0.3 is 10.1 Å². The topological polar surface area (TPSA) is 64.1 Å². The minimum atomic E-state index is -0.377. The normalized spacial score (nSPS) is 11.1. The Bertz CT molecular complexity index is 567. The third-order valence-electron chi connectivity index (χ3n) is 2.59. The second-order valence-corrected chi connectivity index (χ2v) is 5.40. The molecular weight excluding hydrogens is 262 g/mol. The molecule has 0 aliphatic heterocycles. The molecule has 0 aliphatic carbocycles. The fourth-order valence-corrected chi connectivity index (χ4v) is 2.37. The van der Waals surface area contributed by atoms with Crippen molar-refractivity contribution in [2.45, 2.75) is 19.4 Å². The fraction of sp³-hybridized carbons (Fsp3) is 0.308. The van der Waals surface area contributed by atoms with E-state index in [-0.39, 0.29) is 11.5 Å². The average Bonchev–Trinajstić information content (AvgIpc) is 2.92. The number of carbonyl (C=O) groups excluding carboxylic acids is 1. The summed E-state index contributed by atoms with van der Waals surface area (Å²) in [6.45, 7) is 4.02. The zero-order valence-corrected chi connectivity index (χ0v) is 11.8. The van der Waals surface area contributed by atoms with Crippen LogP contribution >= 0.6 is 11.3 Å². The van der Waals surface area contributed by atoms with Crippen molar-refractivity contribution in [3.63, 3.8) is 0 Å². The second-order valence-electron chi connectivity index (χ2n) is 4.51. The Morgan fingerprint density at radius 2 is 2.16 bits per heavy atom. The van der Waals surface area contributed by atoms with E-state index in [1.165, 1.54) is 7.11 Å². The highest BCUT2D eigenvalue weighted by Gasteiger charge is 2.23. The van der Waals surface area contributed by atoms with Gasteiger partial charge in [0.25, 0.3) is 0 Å². The largest absolute Gasteiger partial charge is 0.465 e. The van der Waals surface area contributed by atoms with Crippen molar-refractivity contribution in [2.75, 3.05) is 12.4 Å². The molecule has 6 heteroatoms. The number of methoxy groups -OCH3 is 1. The van der Waals surface area contributed by atoms with Crippen LogP contribution in [0.3, 0.4) is 0 Å². The van der Waals surface area contributed by atoms with E-state index in [9.17, 15) is 4.79 Å². The number of nitrogens with zero attached hydrogens (tertiary/aromatic N) is 2. The van der Waals surface area contributed by atoms with Crippen molar-refractivity contribution in [3.05, 3.63) is 40.5 Å². The number of hydrogen-bond acceptors (Lipinski definition) is 6. The van der Waals surface area contributed by atoms with Gasteiger partial charge in [0.05, 0.1) is 18.2 Å². The number of esters is 1. The molecule has 0 spiro atoms. The van der Waals surface area contributed by atoms with E-state index in [0.717, 1.165) is 5.01 Å². The van der Waals surface area contributed by atoms with Crippen molar-refractivity contribution in [1.82, 2.24) is 9.97 Å². The SMILES string of the molecule is COC(=O)c1ccnc(NC(C)(C)c2nccs2)c1. The third kappa shape index (κ3) is 3.08. The van der Waals surface area contributed by atoms with E-state index < -0.39 is 0 Å². The smallest absolute Gasteiger partial charge is 0.338 e. The number of hydrogen-bond donors (Lipinski definition) is 1. The highest BCUT2D eigenvalue weighted by atomic mass is 32.1. The van der Waals surface area contributed by atoms with Gasteiger partial charge in [0.2, 0.25) is 0 Å². The minimum absolute atomic E-state index is 0.351. The molecule has 0 unspecified atom stereocenters. The molecular formula is C13H15N3O2S. The summed E-state index contributed by atoms with van der Waals surface area (Å²) >= 11 is 1.57. The number of thiazole rings is 1. The molecule has 0 aromatic carbocycles. The molecule has 0 saturated heterocycles. The van der Waals surface area contributed by atoms with Crippen LogP contribution in [0, 0.1) is 0 Å². The zero-order valence-electron chi connectivity index (χ0n) is 11.0. The number of pyridine rings is 1. The molecule has 0 amide bonds. The maximum absolute atomic E-state index is 11.5. The molecule has 0 bridgehead atoms. The molecule has 2 aromatic heterocycles. The Morgan fingerprint density at radius 1 is 1.37 bits per heavy atom. The third-order valence-corrected chi connectivity index (χ3v) is 3.69. The summed E-state index contributed by atoms with van der Waals surface area (Å²) in [5.74, 6) is 0.237. The van der Waals surface area contributed by atoms with E-state index in [2.05, 4.69) is 20.0 Å². The fourth-order valence-electron chi connectivity index (χ4n) is 1.65. The first kappa shape index (κ1) is 13.5. The molecule has 0 saturated carbocycles. The van der Waals surface area contributed by atoms with Gasteiger partial charge in [-0.2, -0.15) is 0 Å². The molecule has 100 valence electrons. The summed E-state index contributed by atoms with van der Waals surface area (Å²) < 4.78 is 4.69. The summed E-state index contributed by atoms with van der Waals surface area (Å²) in [6, 6.07) is 3.29. The maximum Gasteiger partial charge on any atom is 0.338 e. The Balaban J connectivity index is 2.22. The molecule has 19 heavy (non-hydrogen) atoms. The number of nitrogens with one attached hydrogen (secondary N) is 1. The first-order valence-corrected chi connectivity index (χ1v) is 6.63. The van der Waals surface area contributed by atoms with Gasteiger partial charge >= 0.3 is 5.97 Å². The van der Waals surface area contributed by atoms with Gasteiger partial charge in [-0.3, -0.25) is 0 Å². The molecule has 0 fully saturated rings. The van der Waals surface area contributed by atoms with Gasteiger partial charge in [-0.1, -0.05) is 0 Å². The minimum Gasteiger partial charge on any atom is -0.465 e. The molecule has 2 rings (SSSR count). The quantitative estimate of drug-likeness (QED) is 0.870. The van der Waals surface area contributed by atoms with E-state index in [4.69, 9.17) is 0 Å². The van der Waals surface area contributed by atoms with E-state index in [1.54, 1.807) is 35.9 Å². The lowest BCUT2D eigenvalue weighted by molar-refractivity contribution is 0.0600. The van der Waals surface area contributed by atoms with Crippen molar-refractivity contribution in [3.8, 4) is 0 Å². The highest BCUT2D eigenvalue weighted by molar-refractivity contribution is 7.09. The molecule has 2 heterocycles. The van der Waals surface area contributed by atoms with E-state index >= 15 is 0 Å². The summed E-state index contributed by atoms with van der Waals surface area (Å²) in [6.07, 6.45) is 3.34. The van der Waals surface area contributed by atoms with E-state index in [0.29, 0.717) is 11.4 Å². The van der Waals surface area contributed by atoms with Crippen molar-refractivity contribution >= 4 is 23.1 Å². The first-order chi connectivity index (χ1) is 9.03. The number of rotatable bonds is 4. The van der Waals surface area contributed by atoms with Crippen LogP contribution in [0.5, 0.6) is 0 Å². The van der Waals surface area contributed by atoms with Crippen LogP contribution in [0.4, 0.5) is 5.82 Å². The Hall–Kier alpha value is -1.95. The van der Waals surface area contributed by atoms with Gasteiger partial charge in [-0.15, -0.1) is 11.3 Å². The van der Waals surface area contributed by atoms with Gasteiger partial charge in [0, 0.05) is 17.8 Å². The lowest BCUT2D eigenvalue weighted by atomic mass is 10.1. The summed E-state index contributed by atoms with van der Waals surface area (Å²) in [5.41, 5.74) is 0.116. The van der Waals surface area contributed by atoms with Crippen LogP contribution in [-0.2, 0) is 10.3 Å². The van der Waals surface area contributed by atoms with Crippen LogP contribution in [0.25, 0.3) is 0 Å². The van der Waals surface area contributed by atoms with Crippen molar-refractivity contribution in [1.29, 1.82) is 0 Å². The number of carbonyl (C=O) groups is 1. The highest BCUT2D eigenvalue weighted by Crippen LogP contribution is 2.26. The Labute approximate surface area is 115 Å². The van der Waals surface area contributed by atoms with Crippen LogP contribution in [0.2, 0.25) is 0 Å². The van der Waals surface area contributed by atoms with Crippen LogP contribution < -0.4 is 5.32 Å². The second kappa shape index (κ2) is 5.36. The molecule has 0 atom stereocenters. The molecule has 2 aromatic rings. The van der Waals surface area contributed by atoms with Gasteiger partial charge in [0.15, 0.2) is 0 Å². The van der Waals surface area contributed by atoms with Gasteiger partial charge in [0.1, 0.15) is 10.8 Å². The lowest BCUT2D eigenvalue weighted by Gasteiger charge is -2.24. The van der Waals surface area contributed by atoms with Crippen LogP contribution in [0.15, 0.2) is 29.9 Å².